The lowest BCUT2D eigenvalue weighted by molar-refractivity contribution is 0.228. The number of hydrogen-bond donors (Lipinski definition) is 3. The molecule has 5 heteroatoms. The number of rotatable bonds is 6. The number of amides is 2. The van der Waals surface area contributed by atoms with Crippen molar-refractivity contribution in [1.82, 2.24) is 10.6 Å². The monoisotopic (exact) mass is 328 g/mol. The van der Waals surface area contributed by atoms with E-state index in [1.54, 1.807) is 0 Å². The second-order valence-corrected chi connectivity index (χ2v) is 5.68. The average Bonchev–Trinajstić information content (AvgIpc) is 2.28. The van der Waals surface area contributed by atoms with Gasteiger partial charge in [-0.25, -0.2) is 4.79 Å². The van der Waals surface area contributed by atoms with Gasteiger partial charge in [0.05, 0.1) is 0 Å². The highest BCUT2D eigenvalue weighted by Gasteiger charge is 2.10. The van der Waals surface area contributed by atoms with Gasteiger partial charge in [0.15, 0.2) is 0 Å². The Bertz CT molecular complexity index is 412. The van der Waals surface area contributed by atoms with E-state index < -0.39 is 0 Å². The van der Waals surface area contributed by atoms with Crippen molar-refractivity contribution >= 4 is 22.0 Å². The van der Waals surface area contributed by atoms with Crippen LogP contribution in [0.4, 0.5) is 4.79 Å². The van der Waals surface area contributed by atoms with E-state index in [9.17, 15) is 4.79 Å². The van der Waals surface area contributed by atoms with Crippen LogP contribution in [0.25, 0.3) is 0 Å². The summed E-state index contributed by atoms with van der Waals surface area (Å²) >= 11 is 3.43. The van der Waals surface area contributed by atoms with Crippen LogP contribution in [0.1, 0.15) is 25.8 Å². The van der Waals surface area contributed by atoms with E-state index in [0.29, 0.717) is 6.42 Å². The van der Waals surface area contributed by atoms with Crippen LogP contribution in [0.3, 0.4) is 0 Å². The molecule has 19 heavy (non-hydrogen) atoms. The minimum Gasteiger partial charge on any atom is -0.396 e. The summed E-state index contributed by atoms with van der Waals surface area (Å²) in [4.78, 5) is 11.7. The summed E-state index contributed by atoms with van der Waals surface area (Å²) in [6.45, 7) is 3.92. The van der Waals surface area contributed by atoms with Gasteiger partial charge in [-0.05, 0) is 44.4 Å². The Morgan fingerprint density at radius 3 is 2.63 bits per heavy atom. The van der Waals surface area contributed by atoms with Gasteiger partial charge in [-0.15, -0.1) is 0 Å². The van der Waals surface area contributed by atoms with Crippen molar-refractivity contribution in [1.29, 1.82) is 0 Å². The Kier molecular flexibility index (Phi) is 6.87. The van der Waals surface area contributed by atoms with Crippen LogP contribution in [0.2, 0.25) is 0 Å². The molecule has 0 bridgehead atoms. The molecule has 0 radical (unpaired) electrons. The van der Waals surface area contributed by atoms with Gasteiger partial charge in [0.2, 0.25) is 0 Å². The molecule has 0 spiro atoms. The van der Waals surface area contributed by atoms with Crippen LogP contribution >= 0.6 is 15.9 Å². The largest absolute Gasteiger partial charge is 0.396 e. The normalized spacial score (nSPS) is 13.7. The molecule has 2 amide bonds. The number of aliphatic hydroxyl groups is 1. The predicted molar refractivity (Wildman–Crippen MR) is 80.1 cm³/mol. The van der Waals surface area contributed by atoms with Crippen molar-refractivity contribution in [3.05, 3.63) is 34.3 Å². The summed E-state index contributed by atoms with van der Waals surface area (Å²) in [7, 11) is 0. The highest BCUT2D eigenvalue weighted by Crippen LogP contribution is 2.13. The summed E-state index contributed by atoms with van der Waals surface area (Å²) in [5.74, 6) is 0. The summed E-state index contributed by atoms with van der Waals surface area (Å²) in [5.41, 5.74) is 1.17. The van der Waals surface area contributed by atoms with Gasteiger partial charge < -0.3 is 15.7 Å². The first-order chi connectivity index (χ1) is 9.01. The van der Waals surface area contributed by atoms with Crippen LogP contribution in [0, 0.1) is 0 Å². The van der Waals surface area contributed by atoms with E-state index in [0.717, 1.165) is 10.9 Å². The number of carbonyl (C=O) groups is 1. The van der Waals surface area contributed by atoms with E-state index in [1.165, 1.54) is 5.56 Å². The molecule has 0 aliphatic rings. The highest BCUT2D eigenvalue weighted by molar-refractivity contribution is 9.10. The fourth-order valence-electron chi connectivity index (χ4n) is 1.82. The van der Waals surface area contributed by atoms with Crippen molar-refractivity contribution in [2.75, 3.05) is 6.61 Å². The standard InChI is InChI=1S/C14H21BrN2O2/c1-10(6-7-18)16-14(19)17-11(2)8-12-4-3-5-13(15)9-12/h3-5,9-11,18H,6-8H2,1-2H3,(H2,16,17,19)/t10-,11?/m1/s1. The molecule has 0 aromatic heterocycles. The Balaban J connectivity index is 2.38. The number of urea groups is 1. The number of carbonyl (C=O) groups excluding carboxylic acids is 1. The molecular weight excluding hydrogens is 308 g/mol. The molecule has 0 saturated heterocycles. The van der Waals surface area contributed by atoms with E-state index in [1.807, 2.05) is 38.1 Å². The smallest absolute Gasteiger partial charge is 0.315 e. The van der Waals surface area contributed by atoms with Crippen LogP contribution in [0.5, 0.6) is 0 Å². The zero-order valence-corrected chi connectivity index (χ0v) is 12.9. The lowest BCUT2D eigenvalue weighted by atomic mass is 10.1. The molecule has 0 aliphatic heterocycles. The lowest BCUT2D eigenvalue weighted by Crippen LogP contribution is -2.45. The number of halogens is 1. The maximum Gasteiger partial charge on any atom is 0.315 e. The molecule has 1 aromatic carbocycles. The Hall–Kier alpha value is -1.07. The van der Waals surface area contributed by atoms with Crippen molar-refractivity contribution in [3.8, 4) is 0 Å². The third-order valence-corrected chi connectivity index (χ3v) is 3.24. The minimum absolute atomic E-state index is 0.0249. The Morgan fingerprint density at radius 2 is 2.00 bits per heavy atom. The topological polar surface area (TPSA) is 61.4 Å². The minimum atomic E-state index is -0.191. The molecule has 4 nitrogen and oxygen atoms in total. The van der Waals surface area contributed by atoms with E-state index >= 15 is 0 Å². The van der Waals surface area contributed by atoms with Gasteiger partial charge in [0.25, 0.3) is 0 Å². The molecule has 1 rings (SSSR count). The quantitative estimate of drug-likeness (QED) is 0.751. The first kappa shape index (κ1) is 16.0. The second-order valence-electron chi connectivity index (χ2n) is 4.77. The average molecular weight is 329 g/mol. The van der Waals surface area contributed by atoms with E-state index in [-0.39, 0.29) is 24.7 Å². The summed E-state index contributed by atoms with van der Waals surface area (Å²) in [6, 6.07) is 7.88. The molecule has 0 aliphatic carbocycles. The third-order valence-electron chi connectivity index (χ3n) is 2.75. The van der Waals surface area contributed by atoms with Gasteiger partial charge >= 0.3 is 6.03 Å². The van der Waals surface area contributed by atoms with Gasteiger partial charge in [-0.1, -0.05) is 28.1 Å². The van der Waals surface area contributed by atoms with Crippen molar-refractivity contribution < 1.29 is 9.90 Å². The van der Waals surface area contributed by atoms with Gasteiger partial charge in [0, 0.05) is 23.2 Å². The first-order valence-electron chi connectivity index (χ1n) is 6.43. The van der Waals surface area contributed by atoms with Gasteiger partial charge in [-0.3, -0.25) is 0 Å². The predicted octanol–water partition coefficient (Wildman–Crippen LogP) is 2.45. The Morgan fingerprint density at radius 1 is 1.32 bits per heavy atom. The van der Waals surface area contributed by atoms with Crippen molar-refractivity contribution in [2.24, 2.45) is 0 Å². The van der Waals surface area contributed by atoms with Gasteiger partial charge in [0.1, 0.15) is 0 Å². The molecule has 2 atom stereocenters. The molecule has 106 valence electrons. The number of nitrogens with one attached hydrogen (secondary N) is 2. The lowest BCUT2D eigenvalue weighted by Gasteiger charge is -2.17. The molecule has 1 aromatic rings. The molecule has 0 heterocycles. The molecule has 0 fully saturated rings. The fraction of sp³-hybridized carbons (Fsp3) is 0.500. The van der Waals surface area contributed by atoms with Crippen molar-refractivity contribution in [2.45, 2.75) is 38.8 Å². The summed E-state index contributed by atoms with van der Waals surface area (Å²) < 4.78 is 1.04. The first-order valence-corrected chi connectivity index (χ1v) is 7.23. The molecular formula is C14H21BrN2O2. The zero-order chi connectivity index (χ0) is 14.3. The van der Waals surface area contributed by atoms with Crippen LogP contribution in [-0.2, 0) is 6.42 Å². The Labute approximate surface area is 122 Å². The third kappa shape index (κ3) is 6.59. The summed E-state index contributed by atoms with van der Waals surface area (Å²) in [6.07, 6.45) is 1.34. The van der Waals surface area contributed by atoms with E-state index in [2.05, 4.69) is 26.6 Å². The SMILES string of the molecule is CC(Cc1cccc(Br)c1)NC(=O)N[C@H](C)CCO. The second kappa shape index (κ2) is 8.17. The number of benzene rings is 1. The molecule has 1 unspecified atom stereocenters. The van der Waals surface area contributed by atoms with E-state index in [4.69, 9.17) is 5.11 Å². The maximum atomic E-state index is 11.7. The molecule has 0 saturated carbocycles. The van der Waals surface area contributed by atoms with Crippen LogP contribution < -0.4 is 10.6 Å². The summed E-state index contributed by atoms with van der Waals surface area (Å²) in [5, 5.41) is 14.5. The molecule has 3 N–H and O–H groups in total. The highest BCUT2D eigenvalue weighted by atomic mass is 79.9. The van der Waals surface area contributed by atoms with Crippen LogP contribution in [-0.4, -0.2) is 29.8 Å². The zero-order valence-electron chi connectivity index (χ0n) is 11.3. The van der Waals surface area contributed by atoms with Crippen molar-refractivity contribution in [3.63, 3.8) is 0 Å². The van der Waals surface area contributed by atoms with Crippen LogP contribution in [0.15, 0.2) is 28.7 Å². The number of aliphatic hydroxyl groups excluding tert-OH is 1. The number of hydrogen-bond acceptors (Lipinski definition) is 2. The van der Waals surface area contributed by atoms with Gasteiger partial charge in [-0.2, -0.15) is 0 Å². The maximum absolute atomic E-state index is 11.7. The fourth-order valence-corrected chi connectivity index (χ4v) is 2.27.